The van der Waals surface area contributed by atoms with E-state index in [1.165, 1.54) is 4.68 Å². The lowest BCUT2D eigenvalue weighted by molar-refractivity contribution is 0.0988. The van der Waals surface area contributed by atoms with Crippen molar-refractivity contribution >= 4 is 40.6 Å². The zero-order valence-corrected chi connectivity index (χ0v) is 17.9. The van der Waals surface area contributed by atoms with Crippen molar-refractivity contribution in [2.24, 2.45) is 0 Å². The van der Waals surface area contributed by atoms with Gasteiger partial charge in [-0.3, -0.25) is 9.59 Å². The largest absolute Gasteiger partial charge is 0.383 e. The summed E-state index contributed by atoms with van der Waals surface area (Å²) in [7, 11) is 0. The van der Waals surface area contributed by atoms with Gasteiger partial charge in [0.25, 0.3) is 11.8 Å². The first-order chi connectivity index (χ1) is 15.4. The molecule has 0 unspecified atom stereocenters. The third-order valence-corrected chi connectivity index (χ3v) is 5.03. The van der Waals surface area contributed by atoms with Gasteiger partial charge >= 0.3 is 0 Å². The summed E-state index contributed by atoms with van der Waals surface area (Å²) in [4.78, 5) is 26.2. The average molecular weight is 446 g/mol. The predicted molar refractivity (Wildman–Crippen MR) is 127 cm³/mol. The molecule has 32 heavy (non-hydrogen) atoms. The van der Waals surface area contributed by atoms with E-state index >= 15 is 0 Å². The summed E-state index contributed by atoms with van der Waals surface area (Å²) in [6.07, 6.45) is 0. The summed E-state index contributed by atoms with van der Waals surface area (Å²) in [5, 5.41) is 10.4. The van der Waals surface area contributed by atoms with E-state index in [9.17, 15) is 9.59 Å². The van der Waals surface area contributed by atoms with Crippen LogP contribution in [0.3, 0.4) is 0 Å². The summed E-state index contributed by atoms with van der Waals surface area (Å²) in [6.45, 7) is 1.95. The molecule has 3 aromatic carbocycles. The van der Waals surface area contributed by atoms with Gasteiger partial charge in [0.2, 0.25) is 0 Å². The third-order valence-electron chi connectivity index (χ3n) is 4.78. The van der Waals surface area contributed by atoms with Crippen LogP contribution in [-0.4, -0.2) is 21.6 Å². The molecule has 0 radical (unpaired) electrons. The Morgan fingerprint density at radius 1 is 0.844 bits per heavy atom. The van der Waals surface area contributed by atoms with Gasteiger partial charge in [-0.15, -0.1) is 0 Å². The molecule has 160 valence electrons. The number of anilines is 3. The fourth-order valence-electron chi connectivity index (χ4n) is 3.14. The fourth-order valence-corrected chi connectivity index (χ4v) is 3.26. The predicted octanol–water partition coefficient (Wildman–Crippen LogP) is 4.92. The Morgan fingerprint density at radius 3 is 2.09 bits per heavy atom. The fraction of sp³-hybridized carbons (Fsp3) is 0.0417. The summed E-state index contributed by atoms with van der Waals surface area (Å²) in [6, 6.07) is 22.9. The number of nitrogens with two attached hydrogens (primary N) is 1. The molecule has 1 aromatic heterocycles. The Morgan fingerprint density at radius 2 is 1.44 bits per heavy atom. The van der Waals surface area contributed by atoms with Gasteiger partial charge in [-0.05, 0) is 55.5 Å². The molecule has 8 heteroatoms. The summed E-state index contributed by atoms with van der Waals surface area (Å²) in [5.74, 6) is -1.05. The molecule has 4 N–H and O–H groups in total. The van der Waals surface area contributed by atoms with Crippen LogP contribution in [0, 0.1) is 6.92 Å². The number of carbonyl (C=O) groups is 2. The number of benzene rings is 3. The van der Waals surface area contributed by atoms with Crippen LogP contribution in [0.25, 0.3) is 5.69 Å². The normalized spacial score (nSPS) is 10.6. The Kier molecular flexibility index (Phi) is 5.91. The quantitative estimate of drug-likeness (QED) is 0.405. The first-order valence-corrected chi connectivity index (χ1v) is 10.2. The molecular weight excluding hydrogens is 426 g/mol. The Labute approximate surface area is 189 Å². The third kappa shape index (κ3) is 4.48. The second kappa shape index (κ2) is 8.95. The number of para-hydroxylation sites is 1. The second-order valence-corrected chi connectivity index (χ2v) is 7.57. The minimum atomic E-state index is -0.550. The molecular formula is C24H20ClN5O2. The van der Waals surface area contributed by atoms with Gasteiger partial charge in [0.15, 0.2) is 5.69 Å². The summed E-state index contributed by atoms with van der Waals surface area (Å²) >= 11 is 5.98. The molecule has 0 bridgehead atoms. The molecule has 0 fully saturated rings. The van der Waals surface area contributed by atoms with Crippen molar-refractivity contribution < 1.29 is 9.59 Å². The van der Waals surface area contributed by atoms with Crippen molar-refractivity contribution in [1.29, 1.82) is 0 Å². The minimum Gasteiger partial charge on any atom is -0.383 e. The number of nitrogens with one attached hydrogen (secondary N) is 2. The Balaban J connectivity index is 1.74. The van der Waals surface area contributed by atoms with E-state index in [1.807, 2.05) is 25.1 Å². The number of nitrogen functional groups attached to an aromatic ring is 1. The Bertz CT molecular complexity index is 1270. The van der Waals surface area contributed by atoms with E-state index in [0.29, 0.717) is 22.1 Å². The van der Waals surface area contributed by atoms with E-state index in [2.05, 4.69) is 15.7 Å². The molecule has 4 aromatic rings. The summed E-state index contributed by atoms with van der Waals surface area (Å²) in [5.41, 5.74) is 8.97. The van der Waals surface area contributed by atoms with Crippen molar-refractivity contribution in [3.63, 3.8) is 0 Å². The number of rotatable bonds is 5. The minimum absolute atomic E-state index is 0.0200. The van der Waals surface area contributed by atoms with Crippen molar-refractivity contribution in [1.82, 2.24) is 9.78 Å². The molecule has 1 heterocycles. The number of amides is 2. The van der Waals surface area contributed by atoms with Gasteiger partial charge in [-0.1, -0.05) is 47.5 Å². The highest BCUT2D eigenvalue weighted by Crippen LogP contribution is 2.25. The van der Waals surface area contributed by atoms with Crippen LogP contribution in [0.4, 0.5) is 17.2 Å². The van der Waals surface area contributed by atoms with Crippen LogP contribution in [0.1, 0.15) is 26.4 Å². The molecule has 0 saturated carbocycles. The highest BCUT2D eigenvalue weighted by molar-refractivity contribution is 6.30. The van der Waals surface area contributed by atoms with E-state index in [0.717, 1.165) is 5.56 Å². The number of halogens is 1. The SMILES string of the molecule is Cc1ccc(NC(=O)c2nn(-c3ccc(Cl)cc3)c(N)c2C(=O)Nc2ccccc2)cc1. The van der Waals surface area contributed by atoms with Crippen molar-refractivity contribution in [3.05, 3.63) is 101 Å². The van der Waals surface area contributed by atoms with Crippen LogP contribution >= 0.6 is 11.6 Å². The van der Waals surface area contributed by atoms with Crippen LogP contribution in [-0.2, 0) is 0 Å². The zero-order chi connectivity index (χ0) is 22.7. The maximum atomic E-state index is 13.1. The van der Waals surface area contributed by atoms with Crippen LogP contribution < -0.4 is 16.4 Å². The number of hydrogen-bond acceptors (Lipinski definition) is 4. The van der Waals surface area contributed by atoms with Crippen molar-refractivity contribution in [2.75, 3.05) is 16.4 Å². The number of carbonyl (C=O) groups excluding carboxylic acids is 2. The first kappa shape index (κ1) is 21.1. The van der Waals surface area contributed by atoms with Crippen molar-refractivity contribution in [2.45, 2.75) is 6.92 Å². The van der Waals surface area contributed by atoms with E-state index < -0.39 is 11.8 Å². The standard InChI is InChI=1S/C24H20ClN5O2/c1-15-7-11-18(12-8-15)28-24(32)21-20(23(31)27-17-5-3-2-4-6-17)22(26)30(29-21)19-13-9-16(25)10-14-19/h2-14H,26H2,1H3,(H,27,31)(H,28,32). The van der Waals surface area contributed by atoms with E-state index in [1.54, 1.807) is 60.7 Å². The number of aryl methyl sites for hydroxylation is 1. The monoisotopic (exact) mass is 445 g/mol. The second-order valence-electron chi connectivity index (χ2n) is 7.14. The zero-order valence-electron chi connectivity index (χ0n) is 17.2. The number of aromatic nitrogens is 2. The molecule has 7 nitrogen and oxygen atoms in total. The lowest BCUT2D eigenvalue weighted by atomic mass is 10.1. The van der Waals surface area contributed by atoms with E-state index in [4.69, 9.17) is 17.3 Å². The molecule has 2 amide bonds. The van der Waals surface area contributed by atoms with Crippen LogP contribution in [0.2, 0.25) is 5.02 Å². The van der Waals surface area contributed by atoms with Gasteiger partial charge in [0, 0.05) is 16.4 Å². The molecule has 0 saturated heterocycles. The topological polar surface area (TPSA) is 102 Å². The molecule has 0 atom stereocenters. The number of nitrogens with zero attached hydrogens (tertiary/aromatic N) is 2. The van der Waals surface area contributed by atoms with Gasteiger partial charge < -0.3 is 16.4 Å². The average Bonchev–Trinajstić information content (AvgIpc) is 3.14. The maximum absolute atomic E-state index is 13.1. The highest BCUT2D eigenvalue weighted by Gasteiger charge is 2.27. The smallest absolute Gasteiger partial charge is 0.277 e. The lowest BCUT2D eigenvalue weighted by Gasteiger charge is -2.08. The lowest BCUT2D eigenvalue weighted by Crippen LogP contribution is -2.20. The van der Waals surface area contributed by atoms with E-state index in [-0.39, 0.29) is 17.1 Å². The summed E-state index contributed by atoms with van der Waals surface area (Å²) < 4.78 is 1.35. The van der Waals surface area contributed by atoms with Gasteiger partial charge in [0.05, 0.1) is 5.69 Å². The Hall–Kier alpha value is -4.10. The van der Waals surface area contributed by atoms with Crippen molar-refractivity contribution in [3.8, 4) is 5.69 Å². The van der Waals surface area contributed by atoms with Crippen LogP contribution in [0.5, 0.6) is 0 Å². The van der Waals surface area contributed by atoms with Gasteiger partial charge in [-0.25, -0.2) is 4.68 Å². The molecule has 4 rings (SSSR count). The van der Waals surface area contributed by atoms with Crippen LogP contribution in [0.15, 0.2) is 78.9 Å². The molecule has 0 spiro atoms. The molecule has 0 aliphatic heterocycles. The molecule has 0 aliphatic carbocycles. The molecule has 0 aliphatic rings. The highest BCUT2D eigenvalue weighted by atomic mass is 35.5. The van der Waals surface area contributed by atoms with Gasteiger partial charge in [-0.2, -0.15) is 5.10 Å². The first-order valence-electron chi connectivity index (χ1n) is 9.81. The van der Waals surface area contributed by atoms with Gasteiger partial charge in [0.1, 0.15) is 11.4 Å². The maximum Gasteiger partial charge on any atom is 0.277 e. The number of hydrogen-bond donors (Lipinski definition) is 3.